The van der Waals surface area contributed by atoms with E-state index in [1.54, 1.807) is 4.90 Å². The van der Waals surface area contributed by atoms with Crippen LogP contribution in [0.25, 0.3) is 0 Å². The molecule has 0 saturated carbocycles. The summed E-state index contributed by atoms with van der Waals surface area (Å²) in [4.78, 5) is 28.0. The third kappa shape index (κ3) is 3.44. The number of nitrogens with zero attached hydrogens (tertiary/aromatic N) is 2. The average Bonchev–Trinajstić information content (AvgIpc) is 2.90. The lowest BCUT2D eigenvalue weighted by Gasteiger charge is -2.31. The van der Waals surface area contributed by atoms with Gasteiger partial charge in [-0.15, -0.1) is 0 Å². The fraction of sp³-hybridized carbons (Fsp3) is 0.444. The zero-order valence-electron chi connectivity index (χ0n) is 13.3. The smallest absolute Gasteiger partial charge is 0.245 e. The summed E-state index contributed by atoms with van der Waals surface area (Å²) in [6, 6.07) is 7.49. The third-order valence-corrected chi connectivity index (χ3v) is 4.51. The third-order valence-electron chi connectivity index (χ3n) is 4.51. The summed E-state index contributed by atoms with van der Waals surface area (Å²) in [5, 5.41) is 0. The second-order valence-electron chi connectivity index (χ2n) is 6.26. The minimum atomic E-state index is -0.463. The Morgan fingerprint density at radius 2 is 2.04 bits per heavy atom. The number of aryl methyl sites for hydroxylation is 1. The molecule has 1 fully saturated rings. The molecule has 0 N–H and O–H groups in total. The van der Waals surface area contributed by atoms with Crippen molar-refractivity contribution >= 4 is 11.8 Å². The number of hydrogen-bond donors (Lipinski definition) is 0. The molecule has 1 unspecified atom stereocenters. The van der Waals surface area contributed by atoms with E-state index in [9.17, 15) is 14.0 Å². The van der Waals surface area contributed by atoms with Gasteiger partial charge in [0.1, 0.15) is 11.9 Å². The van der Waals surface area contributed by atoms with Gasteiger partial charge in [-0.25, -0.2) is 4.39 Å². The fourth-order valence-electron chi connectivity index (χ4n) is 3.18. The van der Waals surface area contributed by atoms with Crippen molar-refractivity contribution in [3.05, 3.63) is 47.3 Å². The predicted molar refractivity (Wildman–Crippen MR) is 85.1 cm³/mol. The number of halogens is 1. The number of carbonyl (C=O) groups excluding carboxylic acids is 2. The Labute approximate surface area is 135 Å². The van der Waals surface area contributed by atoms with Gasteiger partial charge in [-0.2, -0.15) is 0 Å². The Bertz CT molecular complexity index is 639. The Balaban J connectivity index is 1.73. The molecule has 0 bridgehead atoms. The highest BCUT2D eigenvalue weighted by Gasteiger charge is 2.38. The van der Waals surface area contributed by atoms with Crippen molar-refractivity contribution in [2.24, 2.45) is 0 Å². The fourth-order valence-corrected chi connectivity index (χ4v) is 3.18. The van der Waals surface area contributed by atoms with Crippen molar-refractivity contribution in [1.82, 2.24) is 9.80 Å². The molecule has 23 heavy (non-hydrogen) atoms. The van der Waals surface area contributed by atoms with Crippen LogP contribution in [0.3, 0.4) is 0 Å². The summed E-state index contributed by atoms with van der Waals surface area (Å²) in [6.07, 6.45) is 2.96. The molecule has 2 heterocycles. The molecule has 122 valence electrons. The molecule has 1 atom stereocenters. The first-order valence-corrected chi connectivity index (χ1v) is 8.03. The Kier molecular flexibility index (Phi) is 4.46. The highest BCUT2D eigenvalue weighted by molar-refractivity contribution is 5.91. The monoisotopic (exact) mass is 316 g/mol. The van der Waals surface area contributed by atoms with Crippen LogP contribution in [0, 0.1) is 6.92 Å². The van der Waals surface area contributed by atoms with E-state index >= 15 is 0 Å². The summed E-state index contributed by atoms with van der Waals surface area (Å²) < 4.78 is 13.4. The summed E-state index contributed by atoms with van der Waals surface area (Å²) in [6.45, 7) is 2.99. The van der Waals surface area contributed by atoms with Crippen molar-refractivity contribution in [2.75, 3.05) is 13.1 Å². The second kappa shape index (κ2) is 6.52. The van der Waals surface area contributed by atoms with E-state index in [4.69, 9.17) is 0 Å². The minimum Gasteiger partial charge on any atom is -0.334 e. The molecule has 3 rings (SSSR count). The van der Waals surface area contributed by atoms with E-state index in [1.807, 2.05) is 31.2 Å². The summed E-state index contributed by atoms with van der Waals surface area (Å²) in [7, 11) is 0. The van der Waals surface area contributed by atoms with Crippen LogP contribution in [0.5, 0.6) is 0 Å². The molecule has 0 aliphatic carbocycles. The van der Waals surface area contributed by atoms with Gasteiger partial charge in [-0.1, -0.05) is 29.8 Å². The lowest BCUT2D eigenvalue weighted by molar-refractivity contribution is -0.141. The van der Waals surface area contributed by atoms with Gasteiger partial charge >= 0.3 is 0 Å². The highest BCUT2D eigenvalue weighted by Crippen LogP contribution is 2.24. The largest absolute Gasteiger partial charge is 0.334 e. The van der Waals surface area contributed by atoms with Crippen LogP contribution in [0.2, 0.25) is 0 Å². The molecule has 0 radical (unpaired) electrons. The van der Waals surface area contributed by atoms with Gasteiger partial charge in [0, 0.05) is 19.5 Å². The molecule has 4 nitrogen and oxygen atoms in total. The molecular weight excluding hydrogens is 295 g/mol. The van der Waals surface area contributed by atoms with E-state index in [0.717, 1.165) is 11.1 Å². The van der Waals surface area contributed by atoms with Gasteiger partial charge in [0.15, 0.2) is 0 Å². The second-order valence-corrected chi connectivity index (χ2v) is 6.26. The molecule has 1 aromatic carbocycles. The lowest BCUT2D eigenvalue weighted by Crippen LogP contribution is -2.47. The van der Waals surface area contributed by atoms with Gasteiger partial charge in [-0.05, 0) is 31.4 Å². The first-order chi connectivity index (χ1) is 11.0. The summed E-state index contributed by atoms with van der Waals surface area (Å²) >= 11 is 0. The maximum absolute atomic E-state index is 13.4. The van der Waals surface area contributed by atoms with Crippen LogP contribution >= 0.6 is 0 Å². The quantitative estimate of drug-likeness (QED) is 0.860. The number of benzene rings is 1. The van der Waals surface area contributed by atoms with Crippen molar-refractivity contribution in [3.8, 4) is 0 Å². The molecule has 2 aliphatic rings. The summed E-state index contributed by atoms with van der Waals surface area (Å²) in [5.74, 6) is -0.401. The number of likely N-dealkylation sites (tertiary alicyclic amines) is 1. The van der Waals surface area contributed by atoms with Crippen LogP contribution in [0.4, 0.5) is 4.39 Å². The SMILES string of the molecule is Cc1ccc(CN2C(=O)CCC2C(=O)N2CCC=C(F)C2)cc1. The van der Waals surface area contributed by atoms with Crippen LogP contribution in [-0.2, 0) is 16.1 Å². The van der Waals surface area contributed by atoms with Crippen molar-refractivity contribution in [1.29, 1.82) is 0 Å². The van der Waals surface area contributed by atoms with E-state index in [2.05, 4.69) is 0 Å². The molecule has 2 amide bonds. The maximum atomic E-state index is 13.4. The molecule has 2 aliphatic heterocycles. The van der Waals surface area contributed by atoms with Gasteiger partial charge in [0.2, 0.25) is 11.8 Å². The Morgan fingerprint density at radius 3 is 2.74 bits per heavy atom. The molecule has 0 spiro atoms. The van der Waals surface area contributed by atoms with E-state index in [0.29, 0.717) is 32.4 Å². The molecule has 5 heteroatoms. The number of rotatable bonds is 3. The first kappa shape index (κ1) is 15.7. The maximum Gasteiger partial charge on any atom is 0.245 e. The van der Waals surface area contributed by atoms with Gasteiger partial charge in [-0.3, -0.25) is 9.59 Å². The van der Waals surface area contributed by atoms with Crippen LogP contribution in [0.1, 0.15) is 30.4 Å². The van der Waals surface area contributed by atoms with Crippen molar-refractivity contribution in [3.63, 3.8) is 0 Å². The van der Waals surface area contributed by atoms with Gasteiger partial charge < -0.3 is 9.80 Å². The highest BCUT2D eigenvalue weighted by atomic mass is 19.1. The average molecular weight is 316 g/mol. The number of hydrogen-bond acceptors (Lipinski definition) is 2. The lowest BCUT2D eigenvalue weighted by atomic mass is 10.1. The number of carbonyl (C=O) groups is 2. The predicted octanol–water partition coefficient (Wildman–Crippen LogP) is 2.57. The van der Waals surface area contributed by atoms with E-state index in [-0.39, 0.29) is 24.2 Å². The van der Waals surface area contributed by atoms with Crippen LogP contribution in [0.15, 0.2) is 36.2 Å². The number of amides is 2. The van der Waals surface area contributed by atoms with Crippen molar-refractivity contribution in [2.45, 2.75) is 38.8 Å². The molecule has 1 saturated heterocycles. The summed E-state index contributed by atoms with van der Waals surface area (Å²) in [5.41, 5.74) is 2.16. The normalized spacial score (nSPS) is 21.6. The minimum absolute atomic E-state index is 0.00283. The molecular formula is C18H21FN2O2. The van der Waals surface area contributed by atoms with Crippen LogP contribution in [-0.4, -0.2) is 40.7 Å². The van der Waals surface area contributed by atoms with Gasteiger partial charge in [0.25, 0.3) is 0 Å². The molecule has 1 aromatic rings. The van der Waals surface area contributed by atoms with Crippen LogP contribution < -0.4 is 0 Å². The van der Waals surface area contributed by atoms with E-state index in [1.165, 1.54) is 11.0 Å². The Morgan fingerprint density at radius 1 is 1.30 bits per heavy atom. The molecule has 0 aromatic heterocycles. The first-order valence-electron chi connectivity index (χ1n) is 8.03. The zero-order chi connectivity index (χ0) is 16.4. The Hall–Kier alpha value is -2.17. The van der Waals surface area contributed by atoms with Crippen molar-refractivity contribution < 1.29 is 14.0 Å². The topological polar surface area (TPSA) is 40.6 Å². The standard InChI is InChI=1S/C18H21FN2O2/c1-13-4-6-14(7-5-13)11-21-16(8-9-17(21)22)18(23)20-10-2-3-15(19)12-20/h3-7,16H,2,8-12H2,1H3. The zero-order valence-corrected chi connectivity index (χ0v) is 13.3. The van der Waals surface area contributed by atoms with Gasteiger partial charge in [0.05, 0.1) is 6.54 Å². The van der Waals surface area contributed by atoms with E-state index < -0.39 is 6.04 Å².